The number of anilines is 1. The molecule has 0 bridgehead atoms. The lowest BCUT2D eigenvalue weighted by molar-refractivity contribution is -0.385. The van der Waals surface area contributed by atoms with E-state index in [2.05, 4.69) is 15.0 Å². The molecule has 2 heterocycles. The first kappa shape index (κ1) is 12.9. The fourth-order valence-electron chi connectivity index (χ4n) is 2.21. The molecule has 0 saturated heterocycles. The number of aromatic nitrogens is 3. The largest absolute Gasteiger partial charge is 0.368 e. The van der Waals surface area contributed by atoms with Gasteiger partial charge in [-0.25, -0.2) is 9.97 Å². The van der Waals surface area contributed by atoms with Crippen LogP contribution in [0.5, 0.6) is 0 Å². The number of fused-ring (bicyclic) bond motifs is 1. The number of pyridine rings is 1. The fraction of sp³-hybridized carbons (Fsp3) is 0.0714. The molecule has 0 aliphatic carbocycles. The van der Waals surface area contributed by atoms with Crippen molar-refractivity contribution in [2.75, 3.05) is 5.73 Å². The van der Waals surface area contributed by atoms with Gasteiger partial charge in [0.25, 0.3) is 0 Å². The summed E-state index contributed by atoms with van der Waals surface area (Å²) in [5.74, 6) is 0.00117. The fourth-order valence-corrected chi connectivity index (χ4v) is 2.21. The van der Waals surface area contributed by atoms with E-state index in [0.717, 1.165) is 10.9 Å². The molecule has 21 heavy (non-hydrogen) atoms. The number of nitrogens with zero attached hydrogens (tertiary/aromatic N) is 4. The monoisotopic (exact) mass is 281 g/mol. The van der Waals surface area contributed by atoms with Gasteiger partial charge in [0, 0.05) is 17.1 Å². The van der Waals surface area contributed by atoms with Crippen molar-refractivity contribution >= 4 is 22.5 Å². The lowest BCUT2D eigenvalue weighted by Gasteiger charge is -2.06. The second kappa shape index (κ2) is 4.78. The second-order valence-corrected chi connectivity index (χ2v) is 4.54. The van der Waals surface area contributed by atoms with Crippen molar-refractivity contribution in [3.63, 3.8) is 0 Å². The standard InChI is InChI=1S/C14H11N5O2/c1-8-13(19(20)21)12(18-14(15)17-8)10-6-9-4-2-3-5-11(9)16-7-10/h2-7H,1H3,(H2,15,17,18). The Morgan fingerprint density at radius 1 is 1.24 bits per heavy atom. The van der Waals surface area contributed by atoms with Gasteiger partial charge >= 0.3 is 5.69 Å². The van der Waals surface area contributed by atoms with Gasteiger partial charge in [0.15, 0.2) is 5.69 Å². The van der Waals surface area contributed by atoms with Crippen LogP contribution in [-0.4, -0.2) is 19.9 Å². The summed E-state index contributed by atoms with van der Waals surface area (Å²) in [5, 5.41) is 12.1. The van der Waals surface area contributed by atoms with E-state index >= 15 is 0 Å². The van der Waals surface area contributed by atoms with Crippen molar-refractivity contribution in [3.8, 4) is 11.3 Å². The molecular formula is C14H11N5O2. The van der Waals surface area contributed by atoms with Crippen molar-refractivity contribution in [2.24, 2.45) is 0 Å². The first-order valence-electron chi connectivity index (χ1n) is 6.20. The average molecular weight is 281 g/mol. The number of hydrogen-bond acceptors (Lipinski definition) is 6. The maximum atomic E-state index is 11.3. The van der Waals surface area contributed by atoms with Crippen molar-refractivity contribution in [1.29, 1.82) is 0 Å². The number of hydrogen-bond donors (Lipinski definition) is 1. The maximum absolute atomic E-state index is 11.3. The highest BCUT2D eigenvalue weighted by atomic mass is 16.6. The summed E-state index contributed by atoms with van der Waals surface area (Å²) in [6, 6.07) is 9.31. The second-order valence-electron chi connectivity index (χ2n) is 4.54. The van der Waals surface area contributed by atoms with E-state index in [9.17, 15) is 10.1 Å². The van der Waals surface area contributed by atoms with Crippen LogP contribution in [-0.2, 0) is 0 Å². The van der Waals surface area contributed by atoms with Gasteiger partial charge < -0.3 is 5.73 Å². The number of rotatable bonds is 2. The molecule has 0 unspecified atom stereocenters. The first-order chi connectivity index (χ1) is 10.1. The zero-order valence-corrected chi connectivity index (χ0v) is 11.1. The van der Waals surface area contributed by atoms with Crippen LogP contribution in [0.3, 0.4) is 0 Å². The molecule has 0 aliphatic heterocycles. The molecule has 1 aromatic carbocycles. The van der Waals surface area contributed by atoms with Crippen LogP contribution in [0.15, 0.2) is 36.5 Å². The van der Waals surface area contributed by atoms with Gasteiger partial charge in [0.1, 0.15) is 5.69 Å². The molecule has 0 aliphatic rings. The van der Waals surface area contributed by atoms with Crippen LogP contribution < -0.4 is 5.73 Å². The summed E-state index contributed by atoms with van der Waals surface area (Å²) in [7, 11) is 0. The van der Waals surface area contributed by atoms with Crippen molar-refractivity contribution in [2.45, 2.75) is 6.92 Å². The summed E-state index contributed by atoms with van der Waals surface area (Å²) in [6.45, 7) is 1.54. The van der Waals surface area contributed by atoms with E-state index in [1.165, 1.54) is 6.92 Å². The normalized spacial score (nSPS) is 10.7. The highest BCUT2D eigenvalue weighted by Crippen LogP contribution is 2.31. The van der Waals surface area contributed by atoms with Crippen molar-refractivity contribution in [3.05, 3.63) is 52.3 Å². The van der Waals surface area contributed by atoms with E-state index < -0.39 is 4.92 Å². The Hall–Kier alpha value is -3.09. The lowest BCUT2D eigenvalue weighted by Crippen LogP contribution is -2.04. The smallest absolute Gasteiger partial charge is 0.316 e. The number of nitrogens with two attached hydrogens (primary N) is 1. The van der Waals surface area contributed by atoms with Crippen LogP contribution in [0.4, 0.5) is 11.6 Å². The molecule has 0 saturated carbocycles. The Balaban J connectivity index is 2.29. The van der Waals surface area contributed by atoms with Crippen molar-refractivity contribution < 1.29 is 4.92 Å². The summed E-state index contributed by atoms with van der Waals surface area (Å²) >= 11 is 0. The number of benzene rings is 1. The third-order valence-corrected chi connectivity index (χ3v) is 3.12. The van der Waals surface area contributed by atoms with Crippen LogP contribution >= 0.6 is 0 Å². The third kappa shape index (κ3) is 2.25. The average Bonchev–Trinajstić information content (AvgIpc) is 2.45. The lowest BCUT2D eigenvalue weighted by atomic mass is 10.1. The molecule has 3 rings (SSSR count). The topological polar surface area (TPSA) is 108 Å². The zero-order chi connectivity index (χ0) is 15.0. The van der Waals surface area contributed by atoms with E-state index in [0.29, 0.717) is 5.56 Å². The minimum absolute atomic E-state index is 0.00117. The van der Waals surface area contributed by atoms with Gasteiger partial charge in [-0.05, 0) is 19.1 Å². The van der Waals surface area contributed by atoms with Crippen LogP contribution in [0.2, 0.25) is 0 Å². The zero-order valence-electron chi connectivity index (χ0n) is 11.1. The molecule has 0 spiro atoms. The molecule has 2 aromatic heterocycles. The number of aryl methyl sites for hydroxylation is 1. The summed E-state index contributed by atoms with van der Waals surface area (Å²) < 4.78 is 0. The van der Waals surface area contributed by atoms with Gasteiger partial charge in [0.2, 0.25) is 5.95 Å². The van der Waals surface area contributed by atoms with Gasteiger partial charge in [-0.1, -0.05) is 18.2 Å². The molecule has 3 aromatic rings. The molecule has 104 valence electrons. The number of nitrogen functional groups attached to an aromatic ring is 1. The predicted molar refractivity (Wildman–Crippen MR) is 78.6 cm³/mol. The number of para-hydroxylation sites is 1. The van der Waals surface area contributed by atoms with Crippen LogP contribution in [0, 0.1) is 17.0 Å². The van der Waals surface area contributed by atoms with Crippen LogP contribution in [0.25, 0.3) is 22.2 Å². The first-order valence-corrected chi connectivity index (χ1v) is 6.20. The third-order valence-electron chi connectivity index (χ3n) is 3.12. The predicted octanol–water partition coefficient (Wildman–Crippen LogP) is 2.49. The molecule has 2 N–H and O–H groups in total. The molecule has 0 fully saturated rings. The maximum Gasteiger partial charge on any atom is 0.316 e. The number of nitro groups is 1. The molecule has 0 amide bonds. The van der Waals surface area contributed by atoms with E-state index in [-0.39, 0.29) is 23.0 Å². The molecule has 0 atom stereocenters. The quantitative estimate of drug-likeness (QED) is 0.571. The molecular weight excluding hydrogens is 270 g/mol. The van der Waals surface area contributed by atoms with Gasteiger partial charge in [-0.15, -0.1) is 0 Å². The Bertz CT molecular complexity index is 863. The minimum atomic E-state index is -0.501. The van der Waals surface area contributed by atoms with Crippen molar-refractivity contribution in [1.82, 2.24) is 15.0 Å². The van der Waals surface area contributed by atoms with Gasteiger partial charge in [-0.2, -0.15) is 0 Å². The van der Waals surface area contributed by atoms with E-state index in [4.69, 9.17) is 5.73 Å². The van der Waals surface area contributed by atoms with E-state index in [1.807, 2.05) is 24.3 Å². The molecule has 0 radical (unpaired) electrons. The Morgan fingerprint density at radius 2 is 2.00 bits per heavy atom. The summed E-state index contributed by atoms with van der Waals surface area (Å²) in [6.07, 6.45) is 1.55. The highest BCUT2D eigenvalue weighted by Gasteiger charge is 2.23. The Morgan fingerprint density at radius 3 is 2.76 bits per heavy atom. The molecule has 7 heteroatoms. The Kier molecular flexibility index (Phi) is 2.94. The summed E-state index contributed by atoms with van der Waals surface area (Å²) in [5.41, 5.74) is 7.22. The van der Waals surface area contributed by atoms with Crippen LogP contribution in [0.1, 0.15) is 5.69 Å². The minimum Gasteiger partial charge on any atom is -0.368 e. The summed E-state index contributed by atoms with van der Waals surface area (Å²) in [4.78, 5) is 22.9. The highest BCUT2D eigenvalue weighted by molar-refractivity contribution is 5.84. The molecule has 7 nitrogen and oxygen atoms in total. The van der Waals surface area contributed by atoms with Gasteiger partial charge in [0.05, 0.1) is 10.4 Å². The Labute approximate surface area is 119 Å². The SMILES string of the molecule is Cc1nc(N)nc(-c2cnc3ccccc3c2)c1[N+](=O)[O-]. The van der Waals surface area contributed by atoms with E-state index in [1.54, 1.807) is 12.3 Å². The van der Waals surface area contributed by atoms with Gasteiger partial charge in [-0.3, -0.25) is 15.1 Å².